The highest BCUT2D eigenvalue weighted by molar-refractivity contribution is 6.31. The van der Waals surface area contributed by atoms with Gasteiger partial charge in [0.1, 0.15) is 0 Å². The van der Waals surface area contributed by atoms with Crippen molar-refractivity contribution in [3.63, 3.8) is 0 Å². The van der Waals surface area contributed by atoms with E-state index in [0.29, 0.717) is 11.4 Å². The summed E-state index contributed by atoms with van der Waals surface area (Å²) in [6.07, 6.45) is 4.20. The number of pyridine rings is 2. The van der Waals surface area contributed by atoms with Crippen molar-refractivity contribution in [3.05, 3.63) is 71.1 Å². The highest BCUT2D eigenvalue weighted by atomic mass is 35.5. The van der Waals surface area contributed by atoms with Crippen LogP contribution in [0.15, 0.2) is 54.9 Å². The fourth-order valence-corrected chi connectivity index (χ4v) is 2.60. The Kier molecular flexibility index (Phi) is 3.63. The number of nitrogens with zero attached hydrogens (tertiary/aromatic N) is 2. The lowest BCUT2D eigenvalue weighted by Gasteiger charge is -2.14. The van der Waals surface area contributed by atoms with Crippen molar-refractivity contribution in [1.82, 2.24) is 9.97 Å². The molecule has 1 aromatic carbocycles. The van der Waals surface area contributed by atoms with E-state index in [2.05, 4.69) is 16.0 Å². The standard InChI is InChI=1S/C16H14ClN3/c17-13-5-3-8-20-16(13)14(18)10-11-7-9-19-15-6-2-1-4-12(11)15/h1-9,14H,10,18H2. The van der Waals surface area contributed by atoms with Gasteiger partial charge in [-0.3, -0.25) is 9.97 Å². The van der Waals surface area contributed by atoms with Gasteiger partial charge in [0.25, 0.3) is 0 Å². The quantitative estimate of drug-likeness (QED) is 0.800. The Labute approximate surface area is 122 Å². The first kappa shape index (κ1) is 13.0. The lowest BCUT2D eigenvalue weighted by Crippen LogP contribution is -2.15. The van der Waals surface area contributed by atoms with Gasteiger partial charge in [0, 0.05) is 17.8 Å². The first-order valence-corrected chi connectivity index (χ1v) is 6.82. The van der Waals surface area contributed by atoms with E-state index < -0.39 is 0 Å². The fourth-order valence-electron chi connectivity index (χ4n) is 2.34. The van der Waals surface area contributed by atoms with Gasteiger partial charge in [0.15, 0.2) is 0 Å². The third-order valence-electron chi connectivity index (χ3n) is 3.32. The van der Waals surface area contributed by atoms with Gasteiger partial charge in [-0.25, -0.2) is 0 Å². The zero-order chi connectivity index (χ0) is 13.9. The van der Waals surface area contributed by atoms with Crippen LogP contribution in [-0.2, 0) is 6.42 Å². The van der Waals surface area contributed by atoms with E-state index in [1.54, 1.807) is 12.3 Å². The molecule has 0 aliphatic rings. The summed E-state index contributed by atoms with van der Waals surface area (Å²) < 4.78 is 0. The summed E-state index contributed by atoms with van der Waals surface area (Å²) in [7, 11) is 0. The van der Waals surface area contributed by atoms with Crippen LogP contribution in [0.1, 0.15) is 17.3 Å². The second-order valence-corrected chi connectivity index (χ2v) is 5.08. The number of hydrogen-bond donors (Lipinski definition) is 1. The molecule has 0 amide bonds. The molecule has 0 saturated carbocycles. The number of hydrogen-bond acceptors (Lipinski definition) is 3. The minimum absolute atomic E-state index is 0.227. The molecule has 0 bridgehead atoms. The van der Waals surface area contributed by atoms with Gasteiger partial charge in [0.2, 0.25) is 0 Å². The molecule has 3 aromatic rings. The van der Waals surface area contributed by atoms with Crippen LogP contribution in [0.25, 0.3) is 10.9 Å². The second-order valence-electron chi connectivity index (χ2n) is 4.67. The Hall–Kier alpha value is -1.97. The number of benzene rings is 1. The van der Waals surface area contributed by atoms with Gasteiger partial charge in [-0.05, 0) is 36.2 Å². The lowest BCUT2D eigenvalue weighted by atomic mass is 10.00. The van der Waals surface area contributed by atoms with E-state index in [4.69, 9.17) is 17.3 Å². The van der Waals surface area contributed by atoms with E-state index in [1.165, 1.54) is 0 Å². The molecule has 1 atom stereocenters. The van der Waals surface area contributed by atoms with E-state index in [0.717, 1.165) is 22.2 Å². The predicted molar refractivity (Wildman–Crippen MR) is 81.6 cm³/mol. The summed E-state index contributed by atoms with van der Waals surface area (Å²) in [5.74, 6) is 0. The second kappa shape index (κ2) is 5.57. The number of para-hydroxylation sites is 1. The Morgan fingerprint density at radius 2 is 1.85 bits per heavy atom. The summed E-state index contributed by atoms with van der Waals surface area (Å²) in [5.41, 5.74) is 9.12. The molecular formula is C16H14ClN3. The van der Waals surface area contributed by atoms with Crippen LogP contribution >= 0.6 is 11.6 Å². The Balaban J connectivity index is 1.96. The van der Waals surface area contributed by atoms with Gasteiger partial charge < -0.3 is 5.73 Å². The van der Waals surface area contributed by atoms with Crippen molar-refractivity contribution in [1.29, 1.82) is 0 Å². The van der Waals surface area contributed by atoms with Gasteiger partial charge in [-0.1, -0.05) is 29.8 Å². The fraction of sp³-hybridized carbons (Fsp3) is 0.125. The van der Waals surface area contributed by atoms with Crippen LogP contribution in [0.2, 0.25) is 5.02 Å². The van der Waals surface area contributed by atoms with Crippen LogP contribution in [0.4, 0.5) is 0 Å². The summed E-state index contributed by atoms with van der Waals surface area (Å²) in [5, 5.41) is 1.73. The molecule has 0 radical (unpaired) electrons. The minimum atomic E-state index is -0.227. The van der Waals surface area contributed by atoms with Crippen molar-refractivity contribution in [2.24, 2.45) is 5.73 Å². The maximum atomic E-state index is 6.25. The summed E-state index contributed by atoms with van der Waals surface area (Å²) in [4.78, 5) is 8.64. The molecule has 1 unspecified atom stereocenters. The molecule has 4 heteroatoms. The maximum absolute atomic E-state index is 6.25. The van der Waals surface area contributed by atoms with Crippen LogP contribution in [0, 0.1) is 0 Å². The van der Waals surface area contributed by atoms with Crippen LogP contribution in [0.5, 0.6) is 0 Å². The van der Waals surface area contributed by atoms with Crippen molar-refractivity contribution in [2.45, 2.75) is 12.5 Å². The van der Waals surface area contributed by atoms with Crippen molar-refractivity contribution >= 4 is 22.5 Å². The molecule has 0 spiro atoms. The highest BCUT2D eigenvalue weighted by Crippen LogP contribution is 2.24. The van der Waals surface area contributed by atoms with E-state index in [9.17, 15) is 0 Å². The molecule has 2 aromatic heterocycles. The van der Waals surface area contributed by atoms with Gasteiger partial charge in [-0.2, -0.15) is 0 Å². The summed E-state index contributed by atoms with van der Waals surface area (Å²) in [6.45, 7) is 0. The monoisotopic (exact) mass is 283 g/mol. The predicted octanol–water partition coefficient (Wildman–Crippen LogP) is 3.53. The van der Waals surface area contributed by atoms with Gasteiger partial charge in [-0.15, -0.1) is 0 Å². The molecule has 3 rings (SSSR count). The Morgan fingerprint density at radius 3 is 2.70 bits per heavy atom. The van der Waals surface area contributed by atoms with Crippen molar-refractivity contribution in [2.75, 3.05) is 0 Å². The smallest absolute Gasteiger partial charge is 0.0760 e. The SMILES string of the molecule is NC(Cc1ccnc2ccccc12)c1ncccc1Cl. The molecule has 0 saturated heterocycles. The highest BCUT2D eigenvalue weighted by Gasteiger charge is 2.13. The third-order valence-corrected chi connectivity index (χ3v) is 3.64. The Morgan fingerprint density at radius 1 is 1.00 bits per heavy atom. The topological polar surface area (TPSA) is 51.8 Å². The summed E-state index contributed by atoms with van der Waals surface area (Å²) >= 11 is 6.15. The van der Waals surface area contributed by atoms with E-state index in [1.807, 2.05) is 36.5 Å². The van der Waals surface area contributed by atoms with Crippen molar-refractivity contribution in [3.8, 4) is 0 Å². The van der Waals surface area contributed by atoms with Crippen LogP contribution in [-0.4, -0.2) is 9.97 Å². The van der Waals surface area contributed by atoms with E-state index >= 15 is 0 Å². The van der Waals surface area contributed by atoms with Gasteiger partial charge >= 0.3 is 0 Å². The number of nitrogens with two attached hydrogens (primary N) is 1. The first-order chi connectivity index (χ1) is 9.75. The van der Waals surface area contributed by atoms with E-state index in [-0.39, 0.29) is 6.04 Å². The molecule has 100 valence electrons. The Bertz CT molecular complexity index is 737. The van der Waals surface area contributed by atoms with Crippen LogP contribution in [0.3, 0.4) is 0 Å². The number of aromatic nitrogens is 2. The average molecular weight is 284 g/mol. The number of halogens is 1. The van der Waals surface area contributed by atoms with Gasteiger partial charge in [0.05, 0.1) is 22.3 Å². The molecular weight excluding hydrogens is 270 g/mol. The minimum Gasteiger partial charge on any atom is -0.322 e. The van der Waals surface area contributed by atoms with Crippen LogP contribution < -0.4 is 5.73 Å². The number of fused-ring (bicyclic) bond motifs is 1. The molecule has 0 aliphatic heterocycles. The molecule has 2 heterocycles. The third kappa shape index (κ3) is 2.50. The molecule has 0 fully saturated rings. The molecule has 3 nitrogen and oxygen atoms in total. The summed E-state index contributed by atoms with van der Waals surface area (Å²) in [6, 6.07) is 13.4. The lowest BCUT2D eigenvalue weighted by molar-refractivity contribution is 0.699. The number of rotatable bonds is 3. The zero-order valence-electron chi connectivity index (χ0n) is 10.8. The molecule has 0 aliphatic carbocycles. The normalized spacial score (nSPS) is 12.5. The first-order valence-electron chi connectivity index (χ1n) is 6.44. The maximum Gasteiger partial charge on any atom is 0.0760 e. The zero-order valence-corrected chi connectivity index (χ0v) is 11.6. The largest absolute Gasteiger partial charge is 0.322 e. The average Bonchev–Trinajstić information content (AvgIpc) is 2.48. The van der Waals surface area contributed by atoms with Crippen molar-refractivity contribution < 1.29 is 0 Å². The molecule has 20 heavy (non-hydrogen) atoms. The molecule has 2 N–H and O–H groups in total.